The molecule has 1 aromatic carbocycles. The first-order valence-electron chi connectivity index (χ1n) is 5.70. The van der Waals surface area contributed by atoms with Gasteiger partial charge in [-0.25, -0.2) is 0 Å². The number of hydrogen-bond acceptors (Lipinski definition) is 4. The number of ether oxygens (including phenoxy) is 1. The third kappa shape index (κ3) is 2.64. The maximum absolute atomic E-state index is 11.8. The van der Waals surface area contributed by atoms with Gasteiger partial charge in [0.05, 0.1) is 6.61 Å². The Morgan fingerprint density at radius 3 is 2.22 bits per heavy atom. The molecule has 0 saturated heterocycles. The predicted octanol–water partition coefficient (Wildman–Crippen LogP) is 1.91. The molecular weight excluding hydrogens is 232 g/mol. The number of ketones is 1. The lowest BCUT2D eigenvalue weighted by molar-refractivity contribution is -0.150. The van der Waals surface area contributed by atoms with Crippen LogP contribution < -0.4 is 0 Å². The average molecular weight is 248 g/mol. The molecular formula is C14H16O4. The lowest BCUT2D eigenvalue weighted by Crippen LogP contribution is -2.36. The second-order valence-electron chi connectivity index (χ2n) is 4.17. The lowest BCUT2D eigenvalue weighted by atomic mass is 9.83. The van der Waals surface area contributed by atoms with Gasteiger partial charge < -0.3 is 9.53 Å². The molecule has 0 saturated carbocycles. The van der Waals surface area contributed by atoms with E-state index in [9.17, 15) is 14.4 Å². The molecule has 1 aromatic rings. The van der Waals surface area contributed by atoms with E-state index >= 15 is 0 Å². The largest absolute Gasteiger partial charge is 0.465 e. The van der Waals surface area contributed by atoms with Crippen LogP contribution in [-0.4, -0.2) is 24.6 Å². The summed E-state index contributed by atoms with van der Waals surface area (Å²) in [5.74, 6) is -0.652. The fourth-order valence-corrected chi connectivity index (χ4v) is 1.57. The van der Waals surface area contributed by atoms with Gasteiger partial charge in [-0.2, -0.15) is 0 Å². The zero-order valence-corrected chi connectivity index (χ0v) is 10.7. The van der Waals surface area contributed by atoms with Crippen LogP contribution in [0.2, 0.25) is 0 Å². The molecule has 18 heavy (non-hydrogen) atoms. The minimum atomic E-state index is -1.33. The van der Waals surface area contributed by atoms with E-state index in [0.29, 0.717) is 17.4 Å². The Morgan fingerprint density at radius 1 is 1.28 bits per heavy atom. The highest BCUT2D eigenvalue weighted by Crippen LogP contribution is 2.23. The van der Waals surface area contributed by atoms with E-state index in [1.807, 2.05) is 0 Å². The van der Waals surface area contributed by atoms with E-state index in [1.54, 1.807) is 31.2 Å². The Bertz CT molecular complexity index is 461. The zero-order chi connectivity index (χ0) is 13.8. The molecule has 0 heterocycles. The zero-order valence-electron chi connectivity index (χ0n) is 10.7. The highest BCUT2D eigenvalue weighted by atomic mass is 16.5. The van der Waals surface area contributed by atoms with Crippen molar-refractivity contribution in [3.8, 4) is 0 Å². The summed E-state index contributed by atoms with van der Waals surface area (Å²) in [7, 11) is 0. The number of esters is 1. The van der Waals surface area contributed by atoms with Crippen LogP contribution in [0, 0.1) is 0 Å². The normalized spacial score (nSPS) is 13.5. The maximum atomic E-state index is 11.8. The van der Waals surface area contributed by atoms with E-state index in [1.165, 1.54) is 13.8 Å². The summed E-state index contributed by atoms with van der Waals surface area (Å²) in [5, 5.41) is 0. The van der Waals surface area contributed by atoms with Gasteiger partial charge in [0.2, 0.25) is 0 Å². The third-order valence-corrected chi connectivity index (χ3v) is 2.83. The van der Waals surface area contributed by atoms with Crippen molar-refractivity contribution in [2.45, 2.75) is 26.2 Å². The van der Waals surface area contributed by atoms with E-state index in [-0.39, 0.29) is 12.4 Å². The van der Waals surface area contributed by atoms with Crippen LogP contribution in [-0.2, 0) is 19.7 Å². The van der Waals surface area contributed by atoms with Gasteiger partial charge >= 0.3 is 5.97 Å². The van der Waals surface area contributed by atoms with Gasteiger partial charge in [-0.15, -0.1) is 0 Å². The summed E-state index contributed by atoms with van der Waals surface area (Å²) in [6.07, 6.45) is 0.563. The number of carbonyl (C=O) groups excluding carboxylic acids is 3. The molecule has 0 aromatic heterocycles. The number of rotatable bonds is 5. The monoisotopic (exact) mass is 248 g/mol. The predicted molar refractivity (Wildman–Crippen MR) is 66.5 cm³/mol. The number of hydrogen-bond donors (Lipinski definition) is 0. The number of aldehydes is 1. The van der Waals surface area contributed by atoms with Crippen molar-refractivity contribution in [1.29, 1.82) is 0 Å². The van der Waals surface area contributed by atoms with Crippen molar-refractivity contribution in [2.24, 2.45) is 0 Å². The molecule has 96 valence electrons. The number of benzene rings is 1. The van der Waals surface area contributed by atoms with Gasteiger partial charge in [0.25, 0.3) is 0 Å². The fraction of sp³-hybridized carbons (Fsp3) is 0.357. The quantitative estimate of drug-likeness (QED) is 0.345. The van der Waals surface area contributed by atoms with Crippen LogP contribution in [0.4, 0.5) is 0 Å². The summed E-state index contributed by atoms with van der Waals surface area (Å²) < 4.78 is 4.89. The van der Waals surface area contributed by atoms with Crippen molar-refractivity contribution in [1.82, 2.24) is 0 Å². The highest BCUT2D eigenvalue weighted by molar-refractivity contribution is 6.00. The third-order valence-electron chi connectivity index (χ3n) is 2.83. The van der Waals surface area contributed by atoms with Crippen LogP contribution in [0.3, 0.4) is 0 Å². The maximum Gasteiger partial charge on any atom is 0.323 e. The molecule has 1 rings (SSSR count). The van der Waals surface area contributed by atoms with Crippen molar-refractivity contribution >= 4 is 18.0 Å². The Labute approximate surface area is 106 Å². The second-order valence-corrected chi connectivity index (χ2v) is 4.17. The van der Waals surface area contributed by atoms with Gasteiger partial charge in [-0.3, -0.25) is 9.59 Å². The van der Waals surface area contributed by atoms with Crippen molar-refractivity contribution in [3.63, 3.8) is 0 Å². The van der Waals surface area contributed by atoms with E-state index in [0.717, 1.165) is 0 Å². The SMILES string of the molecule is CCOC(=O)C(C)(C=O)c1ccc(C(C)=O)cc1. The van der Waals surface area contributed by atoms with E-state index < -0.39 is 11.4 Å². The molecule has 0 bridgehead atoms. The molecule has 0 aliphatic heterocycles. The van der Waals surface area contributed by atoms with Gasteiger partial charge in [0, 0.05) is 5.56 Å². The standard InChI is InChI=1S/C14H16O4/c1-4-18-13(17)14(3,9-15)12-7-5-11(6-8-12)10(2)16/h5-9H,4H2,1-3H3. The van der Waals surface area contributed by atoms with Crippen molar-refractivity contribution in [3.05, 3.63) is 35.4 Å². The highest BCUT2D eigenvalue weighted by Gasteiger charge is 2.36. The molecule has 0 radical (unpaired) electrons. The van der Waals surface area contributed by atoms with E-state index in [4.69, 9.17) is 4.74 Å². The number of carbonyl (C=O) groups is 3. The van der Waals surface area contributed by atoms with Crippen LogP contribution in [0.5, 0.6) is 0 Å². The molecule has 4 heteroatoms. The van der Waals surface area contributed by atoms with E-state index in [2.05, 4.69) is 0 Å². The molecule has 0 N–H and O–H groups in total. The minimum Gasteiger partial charge on any atom is -0.465 e. The molecule has 1 unspecified atom stereocenters. The fourth-order valence-electron chi connectivity index (χ4n) is 1.57. The first kappa shape index (κ1) is 14.1. The first-order chi connectivity index (χ1) is 8.45. The smallest absolute Gasteiger partial charge is 0.323 e. The lowest BCUT2D eigenvalue weighted by Gasteiger charge is -2.21. The molecule has 1 atom stereocenters. The summed E-state index contributed by atoms with van der Waals surface area (Å²) in [4.78, 5) is 34.1. The molecule has 0 fully saturated rings. The number of Topliss-reactive ketones (excluding diaryl/α,β-unsaturated/α-hetero) is 1. The van der Waals surface area contributed by atoms with Crippen LogP contribution in [0.1, 0.15) is 36.7 Å². The Kier molecular flexibility index (Phi) is 4.37. The summed E-state index contributed by atoms with van der Waals surface area (Å²) in [6.45, 7) is 4.86. The van der Waals surface area contributed by atoms with Crippen LogP contribution in [0.15, 0.2) is 24.3 Å². The van der Waals surface area contributed by atoms with Crippen molar-refractivity contribution < 1.29 is 19.1 Å². The van der Waals surface area contributed by atoms with Gasteiger partial charge in [0.1, 0.15) is 11.7 Å². The Morgan fingerprint density at radius 2 is 1.83 bits per heavy atom. The summed E-state index contributed by atoms with van der Waals surface area (Å²) >= 11 is 0. The topological polar surface area (TPSA) is 60.4 Å². The van der Waals surface area contributed by atoms with Crippen LogP contribution in [0.25, 0.3) is 0 Å². The molecule has 0 aliphatic rings. The molecule has 4 nitrogen and oxygen atoms in total. The second kappa shape index (κ2) is 5.58. The summed E-state index contributed by atoms with van der Waals surface area (Å²) in [6, 6.07) is 6.39. The molecule has 0 aliphatic carbocycles. The average Bonchev–Trinajstić information content (AvgIpc) is 2.38. The van der Waals surface area contributed by atoms with Crippen molar-refractivity contribution in [2.75, 3.05) is 6.61 Å². The summed E-state index contributed by atoms with van der Waals surface area (Å²) in [5.41, 5.74) is -0.275. The Hall–Kier alpha value is -1.97. The van der Waals surface area contributed by atoms with Gasteiger partial charge in [-0.05, 0) is 26.3 Å². The van der Waals surface area contributed by atoms with Crippen LogP contribution >= 0.6 is 0 Å². The van der Waals surface area contributed by atoms with Gasteiger partial charge in [0.15, 0.2) is 5.78 Å². The Balaban J connectivity index is 3.12. The first-order valence-corrected chi connectivity index (χ1v) is 5.70. The van der Waals surface area contributed by atoms with Gasteiger partial charge in [-0.1, -0.05) is 24.3 Å². The minimum absolute atomic E-state index is 0.0644. The molecule has 0 spiro atoms. The molecule has 0 amide bonds.